The first kappa shape index (κ1) is 22.7. The molecule has 0 aromatic heterocycles. The predicted octanol–water partition coefficient (Wildman–Crippen LogP) is 3.37. The number of rotatable bonds is 5. The minimum absolute atomic E-state index is 0.0507. The average molecular weight is 438 g/mol. The lowest BCUT2D eigenvalue weighted by Gasteiger charge is -2.25. The van der Waals surface area contributed by atoms with E-state index < -0.39 is 23.5 Å². The molecule has 1 fully saturated rings. The molecule has 0 saturated carbocycles. The number of hydrogen-bond donors (Lipinski definition) is 2. The van der Waals surface area contributed by atoms with Gasteiger partial charge in [-0.05, 0) is 48.5 Å². The summed E-state index contributed by atoms with van der Waals surface area (Å²) in [7, 11) is 0. The van der Waals surface area contributed by atoms with Crippen LogP contribution in [0, 0.1) is 5.82 Å². The van der Waals surface area contributed by atoms with Crippen molar-refractivity contribution in [3.63, 3.8) is 0 Å². The molecule has 6 nitrogen and oxygen atoms in total. The summed E-state index contributed by atoms with van der Waals surface area (Å²) < 4.78 is 56.6. The predicted molar refractivity (Wildman–Crippen MR) is 108 cm³/mol. The van der Waals surface area contributed by atoms with E-state index in [9.17, 15) is 22.4 Å². The number of carbonyl (C=O) groups is 1. The van der Waals surface area contributed by atoms with Crippen LogP contribution in [0.4, 0.5) is 23.2 Å². The number of nitrogens with one attached hydrogen (secondary N) is 2. The SMILES string of the molecule is O=C(NC(=NCCN1CCOCC1)Nc1ccc(F)cc1)c1ccc(C(F)(F)F)cc1. The smallest absolute Gasteiger partial charge is 0.379 e. The van der Waals surface area contributed by atoms with Gasteiger partial charge in [0, 0.05) is 30.9 Å². The van der Waals surface area contributed by atoms with Crippen LogP contribution in [-0.4, -0.2) is 56.2 Å². The molecule has 2 aromatic rings. The summed E-state index contributed by atoms with van der Waals surface area (Å²) >= 11 is 0. The third kappa shape index (κ3) is 7.04. The number of carbonyl (C=O) groups excluding carboxylic acids is 1. The van der Waals surface area contributed by atoms with Gasteiger partial charge in [-0.2, -0.15) is 13.2 Å². The minimum atomic E-state index is -4.48. The number of guanidine groups is 1. The van der Waals surface area contributed by atoms with Crippen LogP contribution < -0.4 is 10.6 Å². The standard InChI is InChI=1S/C21H22F4N4O2/c22-17-5-7-18(8-6-17)27-20(26-9-10-29-11-13-31-14-12-29)28-19(30)15-1-3-16(4-2-15)21(23,24)25/h1-8H,9-14H2,(H2,26,27,28,30). The molecule has 0 atom stereocenters. The lowest BCUT2D eigenvalue weighted by atomic mass is 10.1. The number of hydrogen-bond acceptors (Lipinski definition) is 4. The number of alkyl halides is 3. The Labute approximate surface area is 176 Å². The highest BCUT2D eigenvalue weighted by Crippen LogP contribution is 2.29. The van der Waals surface area contributed by atoms with E-state index in [1.807, 2.05) is 0 Å². The van der Waals surface area contributed by atoms with Crippen LogP contribution in [0.25, 0.3) is 0 Å². The maximum absolute atomic E-state index is 13.2. The molecule has 1 heterocycles. The normalized spacial score (nSPS) is 15.5. The van der Waals surface area contributed by atoms with Crippen LogP contribution in [0.5, 0.6) is 0 Å². The summed E-state index contributed by atoms with van der Waals surface area (Å²) in [5, 5.41) is 5.48. The van der Waals surface area contributed by atoms with Gasteiger partial charge in [-0.25, -0.2) is 4.39 Å². The summed E-state index contributed by atoms with van der Waals surface area (Å²) in [6.07, 6.45) is -4.48. The molecular weight excluding hydrogens is 416 g/mol. The van der Waals surface area contributed by atoms with Crippen molar-refractivity contribution < 1.29 is 27.1 Å². The molecule has 0 aliphatic carbocycles. The zero-order chi connectivity index (χ0) is 22.3. The van der Waals surface area contributed by atoms with Crippen LogP contribution in [0.15, 0.2) is 53.5 Å². The fourth-order valence-corrected chi connectivity index (χ4v) is 2.90. The van der Waals surface area contributed by atoms with E-state index in [4.69, 9.17) is 4.74 Å². The maximum Gasteiger partial charge on any atom is 0.416 e. The lowest BCUT2D eigenvalue weighted by Crippen LogP contribution is -2.39. The Kier molecular flexibility index (Phi) is 7.59. The highest BCUT2D eigenvalue weighted by Gasteiger charge is 2.30. The summed E-state index contributed by atoms with van der Waals surface area (Å²) in [6.45, 7) is 3.89. The van der Waals surface area contributed by atoms with E-state index in [0.717, 1.165) is 37.4 Å². The molecule has 2 aromatic carbocycles. The maximum atomic E-state index is 13.2. The van der Waals surface area contributed by atoms with Crippen molar-refractivity contribution in [2.24, 2.45) is 4.99 Å². The van der Waals surface area contributed by atoms with Crippen molar-refractivity contribution in [1.82, 2.24) is 10.2 Å². The lowest BCUT2D eigenvalue weighted by molar-refractivity contribution is -0.137. The molecule has 10 heteroatoms. The molecule has 0 bridgehead atoms. The van der Waals surface area contributed by atoms with Gasteiger partial charge in [0.1, 0.15) is 5.82 Å². The number of nitrogens with zero attached hydrogens (tertiary/aromatic N) is 2. The fourth-order valence-electron chi connectivity index (χ4n) is 2.90. The first-order valence-electron chi connectivity index (χ1n) is 9.67. The van der Waals surface area contributed by atoms with Crippen molar-refractivity contribution in [2.75, 3.05) is 44.7 Å². The molecular formula is C21H22F4N4O2. The molecule has 1 aliphatic rings. The molecule has 31 heavy (non-hydrogen) atoms. The highest BCUT2D eigenvalue weighted by molar-refractivity contribution is 6.09. The zero-order valence-corrected chi connectivity index (χ0v) is 16.6. The van der Waals surface area contributed by atoms with Gasteiger partial charge in [-0.1, -0.05) is 0 Å². The Bertz CT molecular complexity index is 893. The van der Waals surface area contributed by atoms with Crippen molar-refractivity contribution in [3.05, 3.63) is 65.5 Å². The van der Waals surface area contributed by atoms with E-state index in [1.54, 1.807) is 0 Å². The molecule has 1 aliphatic heterocycles. The Morgan fingerprint density at radius 3 is 2.29 bits per heavy atom. The first-order chi connectivity index (χ1) is 14.8. The van der Waals surface area contributed by atoms with E-state index in [2.05, 4.69) is 20.5 Å². The molecule has 0 unspecified atom stereocenters. The average Bonchev–Trinajstić information content (AvgIpc) is 2.75. The third-order valence-corrected chi connectivity index (χ3v) is 4.60. The third-order valence-electron chi connectivity index (χ3n) is 4.60. The minimum Gasteiger partial charge on any atom is -0.379 e. The van der Waals surface area contributed by atoms with Crippen molar-refractivity contribution in [2.45, 2.75) is 6.18 Å². The van der Waals surface area contributed by atoms with Gasteiger partial charge >= 0.3 is 6.18 Å². The molecule has 0 radical (unpaired) electrons. The summed E-state index contributed by atoms with van der Waals surface area (Å²) in [4.78, 5) is 19.1. The zero-order valence-electron chi connectivity index (χ0n) is 16.6. The van der Waals surface area contributed by atoms with E-state index in [1.165, 1.54) is 24.3 Å². The highest BCUT2D eigenvalue weighted by atomic mass is 19.4. The van der Waals surface area contributed by atoms with Gasteiger partial charge in [0.05, 0.1) is 25.3 Å². The quantitative estimate of drug-likeness (QED) is 0.427. The number of amides is 1. The summed E-state index contributed by atoms with van der Waals surface area (Å²) in [6, 6.07) is 9.36. The Balaban J connectivity index is 1.69. The van der Waals surface area contributed by atoms with Crippen LogP contribution in [0.2, 0.25) is 0 Å². The van der Waals surface area contributed by atoms with Crippen LogP contribution in [0.3, 0.4) is 0 Å². The molecule has 2 N–H and O–H groups in total. The van der Waals surface area contributed by atoms with Crippen LogP contribution in [-0.2, 0) is 10.9 Å². The number of morpholine rings is 1. The molecule has 166 valence electrons. The number of anilines is 1. The van der Waals surface area contributed by atoms with Crippen LogP contribution in [0.1, 0.15) is 15.9 Å². The monoisotopic (exact) mass is 438 g/mol. The van der Waals surface area contributed by atoms with Gasteiger partial charge < -0.3 is 10.1 Å². The molecule has 1 amide bonds. The topological polar surface area (TPSA) is 66.0 Å². The Morgan fingerprint density at radius 2 is 1.68 bits per heavy atom. The number of halogens is 4. The Hall–Kier alpha value is -2.98. The number of ether oxygens (including phenoxy) is 1. The molecule has 1 saturated heterocycles. The second-order valence-corrected chi connectivity index (χ2v) is 6.85. The van der Waals surface area contributed by atoms with Crippen LogP contribution >= 0.6 is 0 Å². The Morgan fingerprint density at radius 1 is 1.03 bits per heavy atom. The van der Waals surface area contributed by atoms with Crippen molar-refractivity contribution in [3.8, 4) is 0 Å². The second kappa shape index (κ2) is 10.4. The van der Waals surface area contributed by atoms with E-state index >= 15 is 0 Å². The van der Waals surface area contributed by atoms with Crippen molar-refractivity contribution in [1.29, 1.82) is 0 Å². The fraction of sp³-hybridized carbons (Fsp3) is 0.333. The number of aliphatic imine (C=N–C) groups is 1. The van der Waals surface area contributed by atoms with Gasteiger partial charge in [-0.15, -0.1) is 0 Å². The van der Waals surface area contributed by atoms with E-state index in [0.29, 0.717) is 32.0 Å². The van der Waals surface area contributed by atoms with Gasteiger partial charge in [0.2, 0.25) is 5.96 Å². The summed E-state index contributed by atoms with van der Waals surface area (Å²) in [5.74, 6) is -0.914. The van der Waals surface area contributed by atoms with Gasteiger partial charge in [0.25, 0.3) is 5.91 Å². The number of benzene rings is 2. The second-order valence-electron chi connectivity index (χ2n) is 6.85. The van der Waals surface area contributed by atoms with Gasteiger partial charge in [-0.3, -0.25) is 20.0 Å². The largest absolute Gasteiger partial charge is 0.416 e. The van der Waals surface area contributed by atoms with E-state index in [-0.39, 0.29) is 11.5 Å². The summed E-state index contributed by atoms with van der Waals surface area (Å²) in [5.41, 5.74) is -0.290. The van der Waals surface area contributed by atoms with Gasteiger partial charge in [0.15, 0.2) is 0 Å². The molecule has 0 spiro atoms. The first-order valence-corrected chi connectivity index (χ1v) is 9.67. The molecule has 3 rings (SSSR count). The van der Waals surface area contributed by atoms with Crippen molar-refractivity contribution >= 4 is 17.6 Å².